The van der Waals surface area contributed by atoms with Gasteiger partial charge in [-0.2, -0.15) is 12.6 Å². The van der Waals surface area contributed by atoms with E-state index < -0.39 is 11.9 Å². The molecular formula is C24H26ClFN4O2S. The molecule has 1 amide bonds. The molecule has 1 aromatic heterocycles. The lowest BCUT2D eigenvalue weighted by atomic mass is 10.1. The third-order valence-electron chi connectivity index (χ3n) is 4.84. The van der Waals surface area contributed by atoms with E-state index in [1.54, 1.807) is 6.92 Å². The number of carbonyl (C=O) groups is 1. The van der Waals surface area contributed by atoms with Crippen molar-refractivity contribution in [1.82, 2.24) is 10.3 Å². The van der Waals surface area contributed by atoms with E-state index in [9.17, 15) is 9.18 Å². The standard InChI is InChI=1S/C24H26ClFN4O2S/c1-15(23(31)29-12-17-7-8-18(26)11-20(17)25)32-24-22(28-13-19(27)14-33)10-9-21(30-24)16-5-3-2-4-6-16/h2-11,15,19,28,33H,12-14,27H2,1H3,(H,29,31)/t15-,19?/m1/s1. The van der Waals surface area contributed by atoms with Gasteiger partial charge in [0.05, 0.1) is 11.4 Å². The number of hydrogen-bond acceptors (Lipinski definition) is 6. The Kier molecular flexibility index (Phi) is 8.94. The molecule has 1 unspecified atom stereocenters. The number of nitrogens with two attached hydrogens (primary N) is 1. The molecule has 0 radical (unpaired) electrons. The van der Waals surface area contributed by atoms with Crippen LogP contribution in [0.5, 0.6) is 5.88 Å². The van der Waals surface area contributed by atoms with Crippen LogP contribution in [0.15, 0.2) is 60.7 Å². The normalized spacial score (nSPS) is 12.6. The monoisotopic (exact) mass is 488 g/mol. The maximum absolute atomic E-state index is 13.2. The van der Waals surface area contributed by atoms with E-state index in [0.29, 0.717) is 29.2 Å². The molecule has 4 N–H and O–H groups in total. The number of ether oxygens (including phenoxy) is 1. The summed E-state index contributed by atoms with van der Waals surface area (Å²) in [5, 5.41) is 6.21. The minimum atomic E-state index is -0.846. The molecule has 0 saturated heterocycles. The number of nitrogens with one attached hydrogen (secondary N) is 2. The SMILES string of the molecule is C[C@@H](Oc1nc(-c2ccccc2)ccc1NCC(N)CS)C(=O)NCc1ccc(F)cc1Cl. The van der Waals surface area contributed by atoms with Crippen LogP contribution < -0.4 is 21.1 Å². The number of amides is 1. The van der Waals surface area contributed by atoms with Crippen LogP contribution >= 0.6 is 24.2 Å². The van der Waals surface area contributed by atoms with E-state index in [-0.39, 0.29) is 29.4 Å². The number of nitrogens with zero attached hydrogens (tertiary/aromatic N) is 1. The minimum Gasteiger partial charge on any atom is -0.463 e. The molecule has 3 rings (SSSR count). The summed E-state index contributed by atoms with van der Waals surface area (Å²) in [6.07, 6.45) is -0.846. The van der Waals surface area contributed by atoms with Gasteiger partial charge in [0, 0.05) is 35.5 Å². The first kappa shape index (κ1) is 24.8. The van der Waals surface area contributed by atoms with Gasteiger partial charge in [0.1, 0.15) is 5.82 Å². The van der Waals surface area contributed by atoms with Crippen LogP contribution in [0.1, 0.15) is 12.5 Å². The van der Waals surface area contributed by atoms with Gasteiger partial charge in [0.15, 0.2) is 6.10 Å². The van der Waals surface area contributed by atoms with E-state index in [4.69, 9.17) is 22.1 Å². The molecule has 6 nitrogen and oxygen atoms in total. The fraction of sp³-hybridized carbons (Fsp3) is 0.250. The lowest BCUT2D eigenvalue weighted by molar-refractivity contribution is -0.127. The average molecular weight is 489 g/mol. The summed E-state index contributed by atoms with van der Waals surface area (Å²) in [6, 6.07) is 17.2. The molecule has 0 aliphatic rings. The Bertz CT molecular complexity index is 1090. The molecule has 33 heavy (non-hydrogen) atoms. The topological polar surface area (TPSA) is 89.3 Å². The summed E-state index contributed by atoms with van der Waals surface area (Å²) < 4.78 is 19.2. The zero-order valence-electron chi connectivity index (χ0n) is 18.1. The van der Waals surface area contributed by atoms with E-state index in [1.807, 2.05) is 42.5 Å². The van der Waals surface area contributed by atoms with Gasteiger partial charge in [-0.15, -0.1) is 0 Å². The van der Waals surface area contributed by atoms with Crippen molar-refractivity contribution in [2.45, 2.75) is 25.6 Å². The number of anilines is 1. The summed E-state index contributed by atoms with van der Waals surface area (Å²) in [4.78, 5) is 17.3. The fourth-order valence-corrected chi connectivity index (χ4v) is 3.32. The molecule has 1 heterocycles. The summed E-state index contributed by atoms with van der Waals surface area (Å²) in [5.41, 5.74) is 8.81. The largest absolute Gasteiger partial charge is 0.463 e. The summed E-state index contributed by atoms with van der Waals surface area (Å²) in [6.45, 7) is 2.24. The van der Waals surface area contributed by atoms with Gasteiger partial charge in [-0.05, 0) is 36.8 Å². The molecule has 0 aliphatic carbocycles. The molecule has 9 heteroatoms. The Labute approximate surface area is 203 Å². The van der Waals surface area contributed by atoms with Gasteiger partial charge in [0.2, 0.25) is 5.88 Å². The maximum atomic E-state index is 13.2. The van der Waals surface area contributed by atoms with Gasteiger partial charge in [-0.3, -0.25) is 4.79 Å². The molecule has 2 aromatic carbocycles. The average Bonchev–Trinajstić information content (AvgIpc) is 2.82. The van der Waals surface area contributed by atoms with Gasteiger partial charge >= 0.3 is 0 Å². The predicted octanol–water partition coefficient (Wildman–Crippen LogP) is 4.29. The molecule has 3 aromatic rings. The van der Waals surface area contributed by atoms with Crippen LogP contribution in [0, 0.1) is 5.82 Å². The van der Waals surface area contributed by atoms with Crippen molar-refractivity contribution in [3.8, 4) is 17.1 Å². The number of halogens is 2. The zero-order valence-corrected chi connectivity index (χ0v) is 19.7. The second kappa shape index (κ2) is 11.9. The van der Waals surface area contributed by atoms with Crippen LogP contribution in [-0.4, -0.2) is 35.3 Å². The number of thiol groups is 1. The van der Waals surface area contributed by atoms with Crippen molar-refractivity contribution in [3.63, 3.8) is 0 Å². The second-order valence-electron chi connectivity index (χ2n) is 7.45. The number of hydrogen-bond donors (Lipinski definition) is 4. The van der Waals surface area contributed by atoms with Gasteiger partial charge < -0.3 is 21.1 Å². The highest BCUT2D eigenvalue weighted by Gasteiger charge is 2.19. The highest BCUT2D eigenvalue weighted by atomic mass is 35.5. The number of carbonyl (C=O) groups excluding carboxylic acids is 1. The highest BCUT2D eigenvalue weighted by molar-refractivity contribution is 7.80. The first-order valence-electron chi connectivity index (χ1n) is 10.4. The van der Waals surface area contributed by atoms with Gasteiger partial charge in [-0.25, -0.2) is 9.37 Å². The second-order valence-corrected chi connectivity index (χ2v) is 8.22. The van der Waals surface area contributed by atoms with Gasteiger partial charge in [-0.1, -0.05) is 48.0 Å². The molecule has 0 saturated carbocycles. The van der Waals surface area contributed by atoms with Gasteiger partial charge in [0.25, 0.3) is 5.91 Å². The number of rotatable bonds is 10. The molecule has 0 fully saturated rings. The van der Waals surface area contributed by atoms with Crippen LogP contribution in [0.3, 0.4) is 0 Å². The summed E-state index contributed by atoms with van der Waals surface area (Å²) in [7, 11) is 0. The molecular weight excluding hydrogens is 463 g/mol. The van der Waals surface area contributed by atoms with Crippen molar-refractivity contribution < 1.29 is 13.9 Å². The Hall–Kier alpha value is -2.81. The Morgan fingerprint density at radius 3 is 2.67 bits per heavy atom. The third kappa shape index (κ3) is 7.08. The van der Waals surface area contributed by atoms with Crippen molar-refractivity contribution in [1.29, 1.82) is 0 Å². The summed E-state index contributed by atoms with van der Waals surface area (Å²) in [5.74, 6) is 0.00281. The molecule has 0 aliphatic heterocycles. The molecule has 0 spiro atoms. The Balaban J connectivity index is 1.74. The fourth-order valence-electron chi connectivity index (χ4n) is 2.95. The van der Waals surface area contributed by atoms with Crippen molar-refractivity contribution in [3.05, 3.63) is 77.1 Å². The molecule has 2 atom stereocenters. The van der Waals surface area contributed by atoms with Crippen LogP contribution in [0.2, 0.25) is 5.02 Å². The van der Waals surface area contributed by atoms with Crippen LogP contribution in [0.4, 0.5) is 10.1 Å². The van der Waals surface area contributed by atoms with E-state index in [1.165, 1.54) is 18.2 Å². The number of benzene rings is 2. The van der Waals surface area contributed by atoms with Crippen molar-refractivity contribution in [2.24, 2.45) is 5.73 Å². The maximum Gasteiger partial charge on any atom is 0.261 e. The predicted molar refractivity (Wildman–Crippen MR) is 133 cm³/mol. The van der Waals surface area contributed by atoms with E-state index >= 15 is 0 Å². The Morgan fingerprint density at radius 2 is 1.97 bits per heavy atom. The van der Waals surface area contributed by atoms with Crippen molar-refractivity contribution in [2.75, 3.05) is 17.6 Å². The number of pyridine rings is 1. The van der Waals surface area contributed by atoms with E-state index in [2.05, 4.69) is 28.2 Å². The highest BCUT2D eigenvalue weighted by Crippen LogP contribution is 2.28. The lowest BCUT2D eigenvalue weighted by Crippen LogP contribution is -2.36. The quantitative estimate of drug-likeness (QED) is 0.320. The van der Waals surface area contributed by atoms with Crippen molar-refractivity contribution >= 4 is 35.8 Å². The van der Waals surface area contributed by atoms with Crippen LogP contribution in [-0.2, 0) is 11.3 Å². The van der Waals surface area contributed by atoms with Crippen LogP contribution in [0.25, 0.3) is 11.3 Å². The first-order chi connectivity index (χ1) is 15.9. The number of aromatic nitrogens is 1. The Morgan fingerprint density at radius 1 is 1.21 bits per heavy atom. The smallest absolute Gasteiger partial charge is 0.261 e. The first-order valence-corrected chi connectivity index (χ1v) is 11.4. The molecule has 0 bridgehead atoms. The molecule has 174 valence electrons. The van der Waals surface area contributed by atoms with E-state index in [0.717, 1.165) is 5.56 Å². The lowest BCUT2D eigenvalue weighted by Gasteiger charge is -2.19. The third-order valence-corrected chi connectivity index (χ3v) is 5.67. The minimum absolute atomic E-state index is 0.144. The summed E-state index contributed by atoms with van der Waals surface area (Å²) >= 11 is 10.2. The zero-order chi connectivity index (χ0) is 23.8.